The Balaban J connectivity index is 1.72. The standard InChI is InChI=1S/C30H28F9NO5S/c1-25(2)21-15-17(28(33,29(34,35)36)30(37,38)39)3-8-20(21)27(46(44,45)19-6-4-18(31)5-7-19)13-14-40(23(25)27)24(43)26(32)11-9-16(10-12-26)22(41)42/h3-8,15-16,23H,9-14H2,1-2H3,(H,41,42). The highest BCUT2D eigenvalue weighted by Crippen LogP contribution is 2.63. The van der Waals surface area contributed by atoms with Crippen LogP contribution in [0.25, 0.3) is 0 Å². The van der Waals surface area contributed by atoms with E-state index in [1.807, 2.05) is 0 Å². The minimum Gasteiger partial charge on any atom is -0.481 e. The molecule has 3 aliphatic rings. The summed E-state index contributed by atoms with van der Waals surface area (Å²) in [6.07, 6.45) is -14.9. The average molecular weight is 686 g/mol. The maximum Gasteiger partial charge on any atom is 0.435 e. The van der Waals surface area contributed by atoms with Crippen LogP contribution in [-0.2, 0) is 35.3 Å². The van der Waals surface area contributed by atoms with Crippen molar-refractivity contribution in [3.63, 3.8) is 0 Å². The van der Waals surface area contributed by atoms with E-state index in [9.17, 15) is 53.8 Å². The molecule has 1 heterocycles. The zero-order valence-corrected chi connectivity index (χ0v) is 25.1. The minimum atomic E-state index is -6.46. The molecule has 1 amide bonds. The lowest BCUT2D eigenvalue weighted by Gasteiger charge is -2.42. The third kappa shape index (κ3) is 4.55. The van der Waals surface area contributed by atoms with Crippen molar-refractivity contribution >= 4 is 21.7 Å². The van der Waals surface area contributed by atoms with E-state index < -0.39 is 115 Å². The molecule has 0 aromatic heterocycles. The van der Waals surface area contributed by atoms with Crippen LogP contribution in [0.2, 0.25) is 0 Å². The fourth-order valence-electron chi connectivity index (χ4n) is 7.62. The molecule has 6 nitrogen and oxygen atoms in total. The van der Waals surface area contributed by atoms with Crippen LogP contribution in [0.1, 0.15) is 62.6 Å². The molecule has 2 atom stereocenters. The molecule has 0 spiro atoms. The second-order valence-electron chi connectivity index (χ2n) is 12.7. The molecule has 1 saturated carbocycles. The number of sulfone groups is 1. The Morgan fingerprint density at radius 1 is 0.870 bits per heavy atom. The first-order valence-corrected chi connectivity index (χ1v) is 15.7. The number of hydrogen-bond donors (Lipinski definition) is 1. The molecule has 1 aliphatic heterocycles. The fourth-order valence-corrected chi connectivity index (χ4v) is 10.1. The minimum absolute atomic E-state index is 0.203. The molecular formula is C30H28F9NO5S. The van der Waals surface area contributed by atoms with Crippen LogP contribution in [0.3, 0.4) is 0 Å². The first kappa shape index (κ1) is 34.0. The Labute approximate surface area is 257 Å². The number of carbonyl (C=O) groups is 2. The van der Waals surface area contributed by atoms with E-state index in [1.54, 1.807) is 0 Å². The van der Waals surface area contributed by atoms with Gasteiger partial charge < -0.3 is 10.0 Å². The number of hydrogen-bond acceptors (Lipinski definition) is 4. The van der Waals surface area contributed by atoms with E-state index in [0.717, 1.165) is 29.2 Å². The molecule has 2 aromatic carbocycles. The van der Waals surface area contributed by atoms with Gasteiger partial charge in [-0.1, -0.05) is 32.0 Å². The second-order valence-corrected chi connectivity index (χ2v) is 14.9. The summed E-state index contributed by atoms with van der Waals surface area (Å²) in [5.74, 6) is -4.14. The van der Waals surface area contributed by atoms with Crippen molar-refractivity contribution in [2.24, 2.45) is 5.92 Å². The van der Waals surface area contributed by atoms with E-state index in [0.29, 0.717) is 12.1 Å². The number of likely N-dealkylation sites (tertiary alicyclic amines) is 1. The lowest BCUT2D eigenvalue weighted by Crippen LogP contribution is -2.57. The molecule has 2 fully saturated rings. The van der Waals surface area contributed by atoms with Gasteiger partial charge >= 0.3 is 24.0 Å². The molecule has 0 radical (unpaired) electrons. The molecule has 1 saturated heterocycles. The second kappa shape index (κ2) is 10.3. The van der Waals surface area contributed by atoms with Crippen LogP contribution in [0.5, 0.6) is 0 Å². The first-order chi connectivity index (χ1) is 21.0. The number of aliphatic carboxylic acids is 1. The van der Waals surface area contributed by atoms with Crippen molar-refractivity contribution in [3.05, 3.63) is 65.0 Å². The molecule has 2 aliphatic carbocycles. The third-order valence-electron chi connectivity index (χ3n) is 9.88. The van der Waals surface area contributed by atoms with E-state index in [4.69, 9.17) is 0 Å². The normalized spacial score (nSPS) is 28.1. The number of carboxylic acid groups (broad SMARTS) is 1. The quantitative estimate of drug-likeness (QED) is 0.281. The number of halogens is 9. The molecule has 1 N–H and O–H groups in total. The SMILES string of the molecule is CC1(C)c2cc(C(F)(C(F)(F)F)C(F)(F)F)ccc2C2(S(=O)(=O)c3ccc(F)cc3)CCN(C(=O)C3(F)CCC(C(=O)O)CC3)C12. The first-order valence-electron chi connectivity index (χ1n) is 14.2. The number of rotatable bonds is 5. The monoisotopic (exact) mass is 685 g/mol. The van der Waals surface area contributed by atoms with Crippen molar-refractivity contribution in [1.82, 2.24) is 4.90 Å². The van der Waals surface area contributed by atoms with Gasteiger partial charge in [-0.2, -0.15) is 26.3 Å². The van der Waals surface area contributed by atoms with Crippen LogP contribution in [-0.4, -0.2) is 60.9 Å². The number of alkyl halides is 8. The predicted octanol–water partition coefficient (Wildman–Crippen LogP) is 6.66. The molecule has 0 bridgehead atoms. The smallest absolute Gasteiger partial charge is 0.435 e. The summed E-state index contributed by atoms with van der Waals surface area (Å²) in [6, 6.07) is 3.00. The van der Waals surface area contributed by atoms with Gasteiger partial charge in [0, 0.05) is 17.5 Å². The Hall–Kier alpha value is -3.30. The molecule has 16 heteroatoms. The maximum absolute atomic E-state index is 16.3. The number of nitrogens with zero attached hydrogens (tertiary/aromatic N) is 1. The summed E-state index contributed by atoms with van der Waals surface area (Å²) in [5.41, 5.74) is -12.9. The molecule has 252 valence electrons. The van der Waals surface area contributed by atoms with Crippen molar-refractivity contribution in [2.45, 2.75) is 90.7 Å². The topological polar surface area (TPSA) is 91.8 Å². The molecule has 2 aromatic rings. The number of benzene rings is 2. The molecular weight excluding hydrogens is 657 g/mol. The number of fused-ring (bicyclic) bond motifs is 3. The Kier molecular flexibility index (Phi) is 7.66. The van der Waals surface area contributed by atoms with E-state index in [2.05, 4.69) is 0 Å². The largest absolute Gasteiger partial charge is 0.481 e. The van der Waals surface area contributed by atoms with E-state index in [-0.39, 0.29) is 24.5 Å². The van der Waals surface area contributed by atoms with E-state index in [1.165, 1.54) is 13.8 Å². The highest BCUT2D eigenvalue weighted by Gasteiger charge is 2.75. The van der Waals surface area contributed by atoms with Gasteiger partial charge in [-0.25, -0.2) is 21.6 Å². The molecule has 2 unspecified atom stereocenters. The van der Waals surface area contributed by atoms with Crippen molar-refractivity contribution < 1.29 is 62.6 Å². The highest BCUT2D eigenvalue weighted by atomic mass is 32.2. The van der Waals surface area contributed by atoms with Gasteiger partial charge in [0.1, 0.15) is 10.6 Å². The maximum atomic E-state index is 16.3. The van der Waals surface area contributed by atoms with Crippen LogP contribution < -0.4 is 0 Å². The molecule has 5 rings (SSSR count). The summed E-state index contributed by atoms with van der Waals surface area (Å²) < 4.78 is 154. The summed E-state index contributed by atoms with van der Waals surface area (Å²) in [5, 5.41) is 9.30. The van der Waals surface area contributed by atoms with Crippen molar-refractivity contribution in [3.8, 4) is 0 Å². The summed E-state index contributed by atoms with van der Waals surface area (Å²) in [6.45, 7) is 2.10. The van der Waals surface area contributed by atoms with Gasteiger partial charge in [-0.05, 0) is 67.5 Å². The Bertz CT molecular complexity index is 1670. The summed E-state index contributed by atoms with van der Waals surface area (Å²) >= 11 is 0. The zero-order chi connectivity index (χ0) is 34.5. The third-order valence-corrected chi connectivity index (χ3v) is 12.4. The number of amides is 1. The van der Waals surface area contributed by atoms with Crippen molar-refractivity contribution in [1.29, 1.82) is 0 Å². The average Bonchev–Trinajstić information content (AvgIpc) is 3.46. The van der Waals surface area contributed by atoms with Gasteiger partial charge in [0.2, 0.25) is 0 Å². The van der Waals surface area contributed by atoms with Crippen LogP contribution >= 0.6 is 0 Å². The predicted molar refractivity (Wildman–Crippen MR) is 143 cm³/mol. The van der Waals surface area contributed by atoms with Crippen LogP contribution in [0.4, 0.5) is 39.5 Å². The Morgan fingerprint density at radius 2 is 1.41 bits per heavy atom. The number of carbonyl (C=O) groups excluding carboxylic acids is 1. The Morgan fingerprint density at radius 3 is 1.91 bits per heavy atom. The van der Waals surface area contributed by atoms with Gasteiger partial charge in [0.15, 0.2) is 15.5 Å². The van der Waals surface area contributed by atoms with Gasteiger partial charge in [-0.15, -0.1) is 0 Å². The van der Waals surface area contributed by atoms with Gasteiger partial charge in [0.05, 0.1) is 16.9 Å². The highest BCUT2D eigenvalue weighted by molar-refractivity contribution is 7.92. The molecule has 46 heavy (non-hydrogen) atoms. The fraction of sp³-hybridized carbons (Fsp3) is 0.533. The van der Waals surface area contributed by atoms with Crippen molar-refractivity contribution in [2.75, 3.05) is 6.54 Å². The summed E-state index contributed by atoms with van der Waals surface area (Å²) in [4.78, 5) is 25.7. The van der Waals surface area contributed by atoms with Crippen LogP contribution in [0.15, 0.2) is 47.4 Å². The zero-order valence-electron chi connectivity index (χ0n) is 24.3. The lowest BCUT2D eigenvalue weighted by molar-refractivity contribution is -0.348. The summed E-state index contributed by atoms with van der Waals surface area (Å²) in [7, 11) is -4.78. The van der Waals surface area contributed by atoms with Crippen LogP contribution in [0, 0.1) is 11.7 Å². The van der Waals surface area contributed by atoms with Gasteiger partial charge in [-0.3, -0.25) is 9.59 Å². The van der Waals surface area contributed by atoms with E-state index >= 15 is 8.78 Å². The lowest BCUT2D eigenvalue weighted by atomic mass is 9.77. The number of carboxylic acids is 1. The van der Waals surface area contributed by atoms with Gasteiger partial charge in [0.25, 0.3) is 5.91 Å².